The zero-order valence-electron chi connectivity index (χ0n) is 18.8. The fourth-order valence-electron chi connectivity index (χ4n) is 4.57. The van der Waals surface area contributed by atoms with E-state index in [0.29, 0.717) is 42.6 Å². The zero-order chi connectivity index (χ0) is 22.9. The van der Waals surface area contributed by atoms with E-state index in [1.807, 2.05) is 23.6 Å². The lowest BCUT2D eigenvalue weighted by atomic mass is 9.98. The molecule has 8 heteroatoms. The molecule has 172 valence electrons. The predicted octanol–water partition coefficient (Wildman–Crippen LogP) is 4.20. The molecule has 2 aliphatic heterocycles. The van der Waals surface area contributed by atoms with Crippen LogP contribution in [0.3, 0.4) is 0 Å². The van der Waals surface area contributed by atoms with Crippen LogP contribution in [0.15, 0.2) is 48.0 Å². The number of ether oxygens (including phenoxy) is 1. The van der Waals surface area contributed by atoms with Crippen LogP contribution in [-0.2, 0) is 13.0 Å². The highest BCUT2D eigenvalue weighted by Crippen LogP contribution is 2.32. The van der Waals surface area contributed by atoms with Crippen molar-refractivity contribution in [1.29, 1.82) is 0 Å². The molecule has 1 aromatic heterocycles. The van der Waals surface area contributed by atoms with Crippen LogP contribution in [0.25, 0.3) is 0 Å². The van der Waals surface area contributed by atoms with E-state index < -0.39 is 0 Å². The molecule has 2 aliphatic rings. The van der Waals surface area contributed by atoms with Gasteiger partial charge in [0.15, 0.2) is 0 Å². The maximum Gasteiger partial charge on any atom is 0.258 e. The molecule has 0 unspecified atom stereocenters. The lowest BCUT2D eigenvalue weighted by Gasteiger charge is -2.30. The molecule has 0 saturated carbocycles. The quantitative estimate of drug-likeness (QED) is 0.545. The first-order valence-electron chi connectivity index (χ1n) is 11.2. The molecule has 1 saturated heterocycles. The maximum absolute atomic E-state index is 15.0. The largest absolute Gasteiger partial charge is 0.486 e. The van der Waals surface area contributed by atoms with Crippen molar-refractivity contribution in [3.8, 4) is 5.75 Å². The van der Waals surface area contributed by atoms with Gasteiger partial charge in [-0.15, -0.1) is 11.3 Å². The summed E-state index contributed by atoms with van der Waals surface area (Å²) in [7, 11) is 4.12. The smallest absolute Gasteiger partial charge is 0.258 e. The van der Waals surface area contributed by atoms with Gasteiger partial charge in [0.05, 0.1) is 5.69 Å². The first kappa shape index (κ1) is 21.9. The normalized spacial score (nSPS) is 18.2. The molecule has 2 aromatic carbocycles. The standard InChI is InChI=1S/C25H27FN4O2S/c1-28(2)19-8-10-29(15-19)23-6-3-18(14-22(23)26)30-11-7-17-13-20(4-5-21(17)25(30)31)32-16-24-27-9-12-33-24/h3-6,9,12-14,19H,7-8,10-11,15-16H2,1-2H3/t19-/m1/s1. The highest BCUT2D eigenvalue weighted by Gasteiger charge is 2.29. The van der Waals surface area contributed by atoms with Crippen molar-refractivity contribution in [2.24, 2.45) is 0 Å². The Labute approximate surface area is 197 Å². The number of carbonyl (C=O) groups excluding carboxylic acids is 1. The van der Waals surface area contributed by atoms with Crippen LogP contribution >= 0.6 is 11.3 Å². The third kappa shape index (κ3) is 4.45. The number of aromatic nitrogens is 1. The second kappa shape index (κ2) is 9.11. The van der Waals surface area contributed by atoms with E-state index in [2.05, 4.69) is 28.9 Å². The summed E-state index contributed by atoms with van der Waals surface area (Å²) in [4.78, 5) is 23.3. The van der Waals surface area contributed by atoms with Gasteiger partial charge in [0.1, 0.15) is 23.2 Å². The Balaban J connectivity index is 1.29. The molecule has 33 heavy (non-hydrogen) atoms. The van der Waals surface area contributed by atoms with Crippen molar-refractivity contribution in [3.63, 3.8) is 0 Å². The second-order valence-corrected chi connectivity index (χ2v) is 9.71. The fraction of sp³-hybridized carbons (Fsp3) is 0.360. The van der Waals surface area contributed by atoms with E-state index in [9.17, 15) is 4.79 Å². The van der Waals surface area contributed by atoms with Crippen LogP contribution in [0.5, 0.6) is 5.75 Å². The third-order valence-electron chi connectivity index (χ3n) is 6.48. The molecule has 0 spiro atoms. The minimum atomic E-state index is -0.281. The first-order valence-corrected chi connectivity index (χ1v) is 12.0. The Morgan fingerprint density at radius 1 is 1.21 bits per heavy atom. The fourth-order valence-corrected chi connectivity index (χ4v) is 5.10. The van der Waals surface area contributed by atoms with Crippen molar-refractivity contribution in [1.82, 2.24) is 9.88 Å². The van der Waals surface area contributed by atoms with E-state index >= 15 is 4.39 Å². The Hall–Kier alpha value is -2.97. The highest BCUT2D eigenvalue weighted by molar-refractivity contribution is 7.09. The Morgan fingerprint density at radius 3 is 2.82 bits per heavy atom. The van der Waals surface area contributed by atoms with Gasteiger partial charge in [0.25, 0.3) is 5.91 Å². The SMILES string of the molecule is CN(C)[C@@H]1CCN(c2ccc(N3CCc4cc(OCc5nccs5)ccc4C3=O)cc2F)C1. The number of hydrogen-bond donors (Lipinski definition) is 0. The van der Waals surface area contributed by atoms with E-state index in [1.54, 1.807) is 34.6 Å². The number of thiazole rings is 1. The lowest BCUT2D eigenvalue weighted by Crippen LogP contribution is -2.37. The monoisotopic (exact) mass is 466 g/mol. The molecule has 1 atom stereocenters. The number of benzene rings is 2. The zero-order valence-corrected chi connectivity index (χ0v) is 19.6. The van der Waals surface area contributed by atoms with Crippen molar-refractivity contribution in [2.45, 2.75) is 25.5 Å². The molecule has 1 amide bonds. The average molecular weight is 467 g/mol. The average Bonchev–Trinajstić information content (AvgIpc) is 3.50. The molecule has 0 N–H and O–H groups in total. The van der Waals surface area contributed by atoms with Gasteiger partial charge >= 0.3 is 0 Å². The van der Waals surface area contributed by atoms with Gasteiger partial charge in [-0.25, -0.2) is 9.37 Å². The molecule has 0 radical (unpaired) electrons. The van der Waals surface area contributed by atoms with Gasteiger partial charge in [0.2, 0.25) is 0 Å². The molecule has 6 nitrogen and oxygen atoms in total. The Morgan fingerprint density at radius 2 is 2.09 bits per heavy atom. The number of halogens is 1. The van der Waals surface area contributed by atoms with Gasteiger partial charge in [-0.1, -0.05) is 0 Å². The molecule has 0 bridgehead atoms. The van der Waals surface area contributed by atoms with E-state index in [0.717, 1.165) is 35.8 Å². The number of fused-ring (bicyclic) bond motifs is 1. The number of likely N-dealkylation sites (N-methyl/N-ethyl adjacent to an activating group) is 1. The summed E-state index contributed by atoms with van der Waals surface area (Å²) in [5.41, 5.74) is 2.80. The van der Waals surface area contributed by atoms with Gasteiger partial charge in [-0.05, 0) is 68.9 Å². The van der Waals surface area contributed by atoms with E-state index in [4.69, 9.17) is 4.74 Å². The maximum atomic E-state index is 15.0. The van der Waals surface area contributed by atoms with E-state index in [1.165, 1.54) is 6.07 Å². The first-order chi connectivity index (χ1) is 16.0. The number of hydrogen-bond acceptors (Lipinski definition) is 6. The topological polar surface area (TPSA) is 48.9 Å². The number of rotatable bonds is 6. The van der Waals surface area contributed by atoms with Crippen molar-refractivity contribution in [2.75, 3.05) is 43.5 Å². The molecule has 3 heterocycles. The molecular formula is C25H27FN4O2S. The van der Waals surface area contributed by atoms with Crippen LogP contribution in [0.2, 0.25) is 0 Å². The van der Waals surface area contributed by atoms with Gasteiger partial charge in [0, 0.05) is 48.5 Å². The number of nitrogens with zero attached hydrogens (tertiary/aromatic N) is 4. The molecule has 1 fully saturated rings. The minimum absolute atomic E-state index is 0.108. The van der Waals surface area contributed by atoms with Crippen LogP contribution in [0, 0.1) is 5.82 Å². The van der Waals surface area contributed by atoms with Crippen molar-refractivity contribution in [3.05, 3.63) is 69.9 Å². The number of amides is 1. The summed E-state index contributed by atoms with van der Waals surface area (Å²) in [5, 5.41) is 2.83. The summed E-state index contributed by atoms with van der Waals surface area (Å²) in [6, 6.07) is 11.1. The highest BCUT2D eigenvalue weighted by atomic mass is 32.1. The van der Waals surface area contributed by atoms with Crippen molar-refractivity contribution < 1.29 is 13.9 Å². The molecular weight excluding hydrogens is 439 g/mol. The van der Waals surface area contributed by atoms with Crippen LogP contribution in [-0.4, -0.2) is 55.6 Å². The summed E-state index contributed by atoms with van der Waals surface area (Å²) < 4.78 is 20.9. The second-order valence-electron chi connectivity index (χ2n) is 8.73. The summed E-state index contributed by atoms with van der Waals surface area (Å²) in [6.45, 7) is 2.57. The van der Waals surface area contributed by atoms with Crippen LogP contribution < -0.4 is 14.5 Å². The number of carbonyl (C=O) groups is 1. The van der Waals surface area contributed by atoms with E-state index in [-0.39, 0.29) is 11.7 Å². The lowest BCUT2D eigenvalue weighted by molar-refractivity contribution is 0.0980. The van der Waals surface area contributed by atoms with Crippen molar-refractivity contribution >= 4 is 28.6 Å². The third-order valence-corrected chi connectivity index (χ3v) is 7.23. The number of anilines is 2. The molecule has 3 aromatic rings. The molecule has 5 rings (SSSR count). The van der Waals surface area contributed by atoms with Crippen LogP contribution in [0.4, 0.5) is 15.8 Å². The van der Waals surface area contributed by atoms with Crippen LogP contribution in [0.1, 0.15) is 27.3 Å². The van der Waals surface area contributed by atoms with Gasteiger partial charge in [-0.2, -0.15) is 0 Å². The summed E-state index contributed by atoms with van der Waals surface area (Å²) in [6.07, 6.45) is 3.46. The summed E-state index contributed by atoms with van der Waals surface area (Å²) in [5.74, 6) is 0.336. The predicted molar refractivity (Wildman–Crippen MR) is 129 cm³/mol. The minimum Gasteiger partial charge on any atom is -0.486 e. The Kier molecular flexibility index (Phi) is 6.03. The molecule has 0 aliphatic carbocycles. The van der Waals surface area contributed by atoms with Gasteiger partial charge < -0.3 is 19.4 Å². The van der Waals surface area contributed by atoms with Gasteiger partial charge in [-0.3, -0.25) is 4.79 Å². The Bertz CT molecular complexity index is 1150. The summed E-state index contributed by atoms with van der Waals surface area (Å²) >= 11 is 1.55.